The van der Waals surface area contributed by atoms with Gasteiger partial charge in [0.05, 0.1) is 5.60 Å². The Morgan fingerprint density at radius 1 is 1.18 bits per heavy atom. The Morgan fingerprint density at radius 3 is 2.82 bits per heavy atom. The number of hydrogen-bond donors (Lipinski definition) is 1. The van der Waals surface area contributed by atoms with E-state index in [9.17, 15) is 5.11 Å². The van der Waals surface area contributed by atoms with Crippen LogP contribution in [0.3, 0.4) is 0 Å². The van der Waals surface area contributed by atoms with Crippen molar-refractivity contribution in [3.8, 4) is 0 Å². The summed E-state index contributed by atoms with van der Waals surface area (Å²) in [7, 11) is 0. The molecular weight excluding hydrogens is 136 g/mol. The van der Waals surface area contributed by atoms with Crippen LogP contribution in [0.5, 0.6) is 0 Å². The second-order valence-electron chi connectivity index (χ2n) is 4.76. The molecule has 4 atom stereocenters. The third-order valence-electron chi connectivity index (χ3n) is 4.48. The average molecular weight is 152 g/mol. The summed E-state index contributed by atoms with van der Waals surface area (Å²) in [6.07, 6.45) is 7.77. The van der Waals surface area contributed by atoms with Gasteiger partial charge in [-0.1, -0.05) is 6.42 Å². The number of hydrogen-bond acceptors (Lipinski definition) is 1. The van der Waals surface area contributed by atoms with Crippen LogP contribution in [0, 0.1) is 17.8 Å². The number of fused-ring (bicyclic) bond motifs is 3. The molecular formula is C10H16O. The van der Waals surface area contributed by atoms with Crippen molar-refractivity contribution in [3.05, 3.63) is 0 Å². The highest BCUT2D eigenvalue weighted by atomic mass is 16.3. The van der Waals surface area contributed by atoms with E-state index in [1.54, 1.807) is 0 Å². The highest BCUT2D eigenvalue weighted by Crippen LogP contribution is 2.61. The zero-order valence-corrected chi connectivity index (χ0v) is 6.92. The van der Waals surface area contributed by atoms with E-state index < -0.39 is 0 Å². The van der Waals surface area contributed by atoms with E-state index in [0.717, 1.165) is 18.3 Å². The van der Waals surface area contributed by atoms with Gasteiger partial charge in [-0.3, -0.25) is 0 Å². The molecule has 0 aromatic rings. The van der Waals surface area contributed by atoms with Crippen LogP contribution in [0.15, 0.2) is 0 Å². The largest absolute Gasteiger partial charge is 0.389 e. The van der Waals surface area contributed by atoms with E-state index in [2.05, 4.69) is 0 Å². The van der Waals surface area contributed by atoms with Gasteiger partial charge in [0, 0.05) is 0 Å². The first-order valence-corrected chi connectivity index (χ1v) is 5.03. The van der Waals surface area contributed by atoms with E-state index in [0.29, 0.717) is 5.92 Å². The number of rotatable bonds is 0. The van der Waals surface area contributed by atoms with Gasteiger partial charge in [0.2, 0.25) is 0 Å². The standard InChI is InChI=1S/C10H16O/c11-10-5-1-2-8(10)6-7-3-4-9(7)10/h7-9,11H,1-6H2/t7-,8-,9-,10-/m1/s1. The third kappa shape index (κ3) is 0.618. The van der Waals surface area contributed by atoms with Crippen LogP contribution in [0.4, 0.5) is 0 Å². The molecule has 0 aromatic carbocycles. The fraction of sp³-hybridized carbons (Fsp3) is 1.00. The van der Waals surface area contributed by atoms with Crippen LogP contribution in [0.25, 0.3) is 0 Å². The summed E-state index contributed by atoms with van der Waals surface area (Å²) >= 11 is 0. The Morgan fingerprint density at radius 2 is 2.09 bits per heavy atom. The van der Waals surface area contributed by atoms with Gasteiger partial charge in [0.15, 0.2) is 0 Å². The Balaban J connectivity index is 1.94. The van der Waals surface area contributed by atoms with Crippen molar-refractivity contribution >= 4 is 0 Å². The molecule has 62 valence electrons. The summed E-state index contributed by atoms with van der Waals surface area (Å²) in [5.41, 5.74) is -0.178. The maximum absolute atomic E-state index is 10.3. The lowest BCUT2D eigenvalue weighted by atomic mass is 9.70. The molecule has 0 saturated heterocycles. The maximum atomic E-state index is 10.3. The first-order valence-electron chi connectivity index (χ1n) is 5.03. The lowest BCUT2D eigenvalue weighted by molar-refractivity contribution is -0.0514. The van der Waals surface area contributed by atoms with Crippen molar-refractivity contribution in [2.45, 2.75) is 44.1 Å². The predicted molar refractivity (Wildman–Crippen MR) is 43.1 cm³/mol. The molecule has 0 radical (unpaired) electrons. The molecule has 0 heterocycles. The molecule has 3 rings (SSSR count). The summed E-state index contributed by atoms with van der Waals surface area (Å²) in [5.74, 6) is 2.33. The van der Waals surface area contributed by atoms with E-state index in [-0.39, 0.29) is 5.60 Å². The minimum atomic E-state index is -0.178. The van der Waals surface area contributed by atoms with Gasteiger partial charge in [-0.25, -0.2) is 0 Å². The maximum Gasteiger partial charge on any atom is 0.0706 e. The summed E-state index contributed by atoms with van der Waals surface area (Å²) in [6, 6.07) is 0. The molecule has 0 unspecified atom stereocenters. The van der Waals surface area contributed by atoms with Crippen LogP contribution < -0.4 is 0 Å². The van der Waals surface area contributed by atoms with Gasteiger partial charge < -0.3 is 5.11 Å². The van der Waals surface area contributed by atoms with Crippen molar-refractivity contribution in [2.75, 3.05) is 0 Å². The molecule has 1 heteroatoms. The third-order valence-corrected chi connectivity index (χ3v) is 4.48. The first-order chi connectivity index (χ1) is 5.31. The van der Waals surface area contributed by atoms with Gasteiger partial charge in [0.25, 0.3) is 0 Å². The molecule has 3 aliphatic carbocycles. The van der Waals surface area contributed by atoms with Crippen molar-refractivity contribution in [2.24, 2.45) is 17.8 Å². The first kappa shape index (κ1) is 6.47. The van der Waals surface area contributed by atoms with Crippen molar-refractivity contribution in [1.29, 1.82) is 0 Å². The van der Waals surface area contributed by atoms with E-state index in [1.807, 2.05) is 0 Å². The fourth-order valence-corrected chi connectivity index (χ4v) is 3.77. The minimum absolute atomic E-state index is 0.178. The van der Waals surface area contributed by atoms with E-state index in [1.165, 1.54) is 32.1 Å². The van der Waals surface area contributed by atoms with Gasteiger partial charge in [0.1, 0.15) is 0 Å². The van der Waals surface area contributed by atoms with Gasteiger partial charge in [-0.05, 0) is 49.9 Å². The molecule has 0 aliphatic heterocycles. The SMILES string of the molecule is O[C@]12CCC[C@@H]1C[C@H]1CC[C@H]12. The summed E-state index contributed by atoms with van der Waals surface area (Å²) in [4.78, 5) is 0. The molecule has 3 aliphatic rings. The Kier molecular flexibility index (Phi) is 1.07. The normalized spacial score (nSPS) is 60.3. The van der Waals surface area contributed by atoms with Crippen LogP contribution in [0.2, 0.25) is 0 Å². The zero-order chi connectivity index (χ0) is 7.47. The second-order valence-corrected chi connectivity index (χ2v) is 4.76. The smallest absolute Gasteiger partial charge is 0.0706 e. The average Bonchev–Trinajstić information content (AvgIpc) is 2.30. The second kappa shape index (κ2) is 1.82. The Labute approximate surface area is 67.8 Å². The lowest BCUT2D eigenvalue weighted by Crippen LogP contribution is -2.40. The molecule has 1 N–H and O–H groups in total. The topological polar surface area (TPSA) is 20.2 Å². The molecule has 3 fully saturated rings. The fourth-order valence-electron chi connectivity index (χ4n) is 3.77. The zero-order valence-electron chi connectivity index (χ0n) is 6.92. The summed E-state index contributed by atoms with van der Waals surface area (Å²) < 4.78 is 0. The van der Waals surface area contributed by atoms with Crippen molar-refractivity contribution < 1.29 is 5.11 Å². The monoisotopic (exact) mass is 152 g/mol. The molecule has 11 heavy (non-hydrogen) atoms. The van der Waals surface area contributed by atoms with Crippen LogP contribution >= 0.6 is 0 Å². The Hall–Kier alpha value is -0.0400. The number of aliphatic hydroxyl groups is 1. The van der Waals surface area contributed by atoms with Gasteiger partial charge in [-0.2, -0.15) is 0 Å². The van der Waals surface area contributed by atoms with Crippen molar-refractivity contribution in [3.63, 3.8) is 0 Å². The molecule has 1 nitrogen and oxygen atoms in total. The molecule has 0 bridgehead atoms. The highest BCUT2D eigenvalue weighted by molar-refractivity contribution is 5.09. The van der Waals surface area contributed by atoms with E-state index in [4.69, 9.17) is 0 Å². The Bertz CT molecular complexity index is 185. The molecule has 3 saturated carbocycles. The van der Waals surface area contributed by atoms with Gasteiger partial charge in [-0.15, -0.1) is 0 Å². The lowest BCUT2D eigenvalue weighted by Gasteiger charge is -2.39. The van der Waals surface area contributed by atoms with E-state index >= 15 is 0 Å². The van der Waals surface area contributed by atoms with Crippen molar-refractivity contribution in [1.82, 2.24) is 0 Å². The predicted octanol–water partition coefficient (Wildman–Crippen LogP) is 1.95. The highest BCUT2D eigenvalue weighted by Gasteiger charge is 2.58. The summed E-state index contributed by atoms with van der Waals surface area (Å²) in [6.45, 7) is 0. The molecule has 0 spiro atoms. The summed E-state index contributed by atoms with van der Waals surface area (Å²) in [5, 5.41) is 10.3. The minimum Gasteiger partial charge on any atom is -0.389 e. The van der Waals surface area contributed by atoms with Gasteiger partial charge >= 0.3 is 0 Å². The van der Waals surface area contributed by atoms with Crippen LogP contribution in [0.1, 0.15) is 38.5 Å². The quantitative estimate of drug-likeness (QED) is 0.562. The van der Waals surface area contributed by atoms with Crippen LogP contribution in [-0.4, -0.2) is 10.7 Å². The molecule has 0 aromatic heterocycles. The molecule has 0 amide bonds. The van der Waals surface area contributed by atoms with Crippen LogP contribution in [-0.2, 0) is 0 Å².